The number of aromatic nitrogens is 1. The van der Waals surface area contributed by atoms with E-state index in [-0.39, 0.29) is 28.2 Å². The van der Waals surface area contributed by atoms with Gasteiger partial charge < -0.3 is 20.3 Å². The zero-order chi connectivity index (χ0) is 25.3. The Kier molecular flexibility index (Phi) is 6.75. The second kappa shape index (κ2) is 9.09. The number of alkyl halides is 3. The summed E-state index contributed by atoms with van der Waals surface area (Å²) in [7, 11) is 1.32. The molecule has 1 unspecified atom stereocenters. The van der Waals surface area contributed by atoms with E-state index in [1.165, 1.54) is 45.2 Å². The van der Waals surface area contributed by atoms with Crippen LogP contribution in [0.15, 0.2) is 48.5 Å². The van der Waals surface area contributed by atoms with E-state index in [0.717, 1.165) is 12.1 Å². The predicted octanol–water partition coefficient (Wildman–Crippen LogP) is 5.15. The molecule has 0 bridgehead atoms. The standard InChI is InChI=1S/C24H24F4N2O4/c1-22(2,16-11-15(25)8-10-19(16)34-3)12-23(33,24(26,27)28)13-29-17-6-4-5-14-7-9-18(21(31)32)30-20(14)17/h4-11,29,33H,12-13H2,1-3H3,(H,31,32). The fourth-order valence-corrected chi connectivity index (χ4v) is 3.95. The lowest BCUT2D eigenvalue weighted by Crippen LogP contribution is -2.53. The third-order valence-electron chi connectivity index (χ3n) is 5.66. The minimum atomic E-state index is -5.04. The average molecular weight is 480 g/mol. The molecule has 10 heteroatoms. The summed E-state index contributed by atoms with van der Waals surface area (Å²) in [5, 5.41) is 23.1. The van der Waals surface area contributed by atoms with E-state index in [4.69, 9.17) is 4.74 Å². The highest BCUT2D eigenvalue weighted by Gasteiger charge is 2.56. The molecule has 2 aromatic carbocycles. The number of carbonyl (C=O) groups is 1. The molecule has 0 aliphatic carbocycles. The number of rotatable bonds is 8. The zero-order valence-electron chi connectivity index (χ0n) is 18.7. The van der Waals surface area contributed by atoms with Crippen molar-refractivity contribution in [2.45, 2.75) is 37.5 Å². The van der Waals surface area contributed by atoms with Crippen LogP contribution in [0.25, 0.3) is 10.9 Å². The van der Waals surface area contributed by atoms with E-state index < -0.39 is 41.9 Å². The summed E-state index contributed by atoms with van der Waals surface area (Å²) in [6.07, 6.45) is -5.85. The lowest BCUT2D eigenvalue weighted by atomic mass is 9.74. The molecular weight excluding hydrogens is 456 g/mol. The lowest BCUT2D eigenvalue weighted by molar-refractivity contribution is -0.260. The van der Waals surface area contributed by atoms with Crippen molar-refractivity contribution in [3.63, 3.8) is 0 Å². The summed E-state index contributed by atoms with van der Waals surface area (Å²) in [5.41, 5.74) is -4.38. The molecule has 0 amide bonds. The number of aliphatic hydroxyl groups is 1. The smallest absolute Gasteiger partial charge is 0.418 e. The maximum absolute atomic E-state index is 14.1. The summed E-state index contributed by atoms with van der Waals surface area (Å²) in [6.45, 7) is 1.97. The minimum Gasteiger partial charge on any atom is -0.496 e. The first kappa shape index (κ1) is 25.2. The fourth-order valence-electron chi connectivity index (χ4n) is 3.95. The number of benzene rings is 2. The highest BCUT2D eigenvalue weighted by molar-refractivity contribution is 5.94. The largest absolute Gasteiger partial charge is 0.496 e. The predicted molar refractivity (Wildman–Crippen MR) is 119 cm³/mol. The van der Waals surface area contributed by atoms with E-state index in [0.29, 0.717) is 5.39 Å². The van der Waals surface area contributed by atoms with Gasteiger partial charge in [0.2, 0.25) is 0 Å². The molecule has 0 aliphatic heterocycles. The lowest BCUT2D eigenvalue weighted by Gasteiger charge is -2.38. The van der Waals surface area contributed by atoms with Crippen molar-refractivity contribution in [1.29, 1.82) is 0 Å². The monoisotopic (exact) mass is 480 g/mol. The van der Waals surface area contributed by atoms with E-state index in [2.05, 4.69) is 10.3 Å². The highest BCUT2D eigenvalue weighted by atomic mass is 19.4. The first-order chi connectivity index (χ1) is 15.8. The number of aromatic carboxylic acids is 1. The number of hydrogen-bond donors (Lipinski definition) is 3. The van der Waals surface area contributed by atoms with Crippen LogP contribution in [0.3, 0.4) is 0 Å². The zero-order valence-corrected chi connectivity index (χ0v) is 18.7. The van der Waals surface area contributed by atoms with E-state index in [1.807, 2.05) is 0 Å². The van der Waals surface area contributed by atoms with Crippen LogP contribution in [0.2, 0.25) is 0 Å². The number of hydrogen-bond acceptors (Lipinski definition) is 5. The maximum atomic E-state index is 14.1. The van der Waals surface area contributed by atoms with Gasteiger partial charge in [-0.15, -0.1) is 0 Å². The number of nitrogens with one attached hydrogen (secondary N) is 1. The maximum Gasteiger partial charge on any atom is 0.418 e. The average Bonchev–Trinajstić information content (AvgIpc) is 2.76. The number of pyridine rings is 1. The van der Waals surface area contributed by atoms with Gasteiger partial charge in [-0.25, -0.2) is 14.2 Å². The number of fused-ring (bicyclic) bond motifs is 1. The number of nitrogens with zero attached hydrogens (tertiary/aromatic N) is 1. The second-order valence-electron chi connectivity index (χ2n) is 8.67. The Morgan fingerprint density at radius 1 is 1.12 bits per heavy atom. The minimum absolute atomic E-state index is 0.129. The summed E-state index contributed by atoms with van der Waals surface area (Å²) in [4.78, 5) is 15.3. The van der Waals surface area contributed by atoms with Gasteiger partial charge in [0.15, 0.2) is 5.60 Å². The normalized spacial score (nSPS) is 14.0. The summed E-state index contributed by atoms with van der Waals surface area (Å²) < 4.78 is 61.4. The van der Waals surface area contributed by atoms with Crippen molar-refractivity contribution in [1.82, 2.24) is 4.98 Å². The quantitative estimate of drug-likeness (QED) is 0.386. The van der Waals surface area contributed by atoms with Gasteiger partial charge in [0.1, 0.15) is 17.3 Å². The van der Waals surface area contributed by atoms with Crippen molar-refractivity contribution in [3.8, 4) is 5.75 Å². The number of carboxylic acid groups (broad SMARTS) is 1. The Labute approximate surface area is 193 Å². The summed E-state index contributed by atoms with van der Waals surface area (Å²) >= 11 is 0. The molecule has 182 valence electrons. The van der Waals surface area contributed by atoms with Crippen molar-refractivity contribution in [2.75, 3.05) is 19.0 Å². The Bertz CT molecular complexity index is 1210. The molecule has 0 spiro atoms. The fraction of sp³-hybridized carbons (Fsp3) is 0.333. The van der Waals surface area contributed by atoms with Gasteiger partial charge in [-0.05, 0) is 42.2 Å². The van der Waals surface area contributed by atoms with Crippen LogP contribution in [-0.2, 0) is 5.41 Å². The topological polar surface area (TPSA) is 91.7 Å². The van der Waals surface area contributed by atoms with Gasteiger partial charge in [-0.1, -0.05) is 32.0 Å². The Hall–Kier alpha value is -3.40. The van der Waals surface area contributed by atoms with Crippen LogP contribution in [0.1, 0.15) is 36.3 Å². The van der Waals surface area contributed by atoms with Gasteiger partial charge in [0.25, 0.3) is 0 Å². The van der Waals surface area contributed by atoms with Crippen molar-refractivity contribution in [3.05, 3.63) is 65.6 Å². The SMILES string of the molecule is COc1ccc(F)cc1C(C)(C)CC(O)(CNc1cccc2ccc(C(=O)O)nc12)C(F)(F)F. The van der Waals surface area contributed by atoms with Gasteiger partial charge in [0.05, 0.1) is 24.9 Å². The van der Waals surface area contributed by atoms with Crippen molar-refractivity contribution >= 4 is 22.6 Å². The number of methoxy groups -OCH3 is 1. The molecule has 3 rings (SSSR count). The number of para-hydroxylation sites is 1. The number of carboxylic acids is 1. The molecule has 0 fully saturated rings. The molecule has 0 radical (unpaired) electrons. The molecule has 1 aromatic heterocycles. The van der Waals surface area contributed by atoms with E-state index in [1.54, 1.807) is 12.1 Å². The number of ether oxygens (including phenoxy) is 1. The summed E-state index contributed by atoms with van der Waals surface area (Å²) in [6, 6.07) is 11.0. The number of halogens is 4. The molecule has 3 N–H and O–H groups in total. The van der Waals surface area contributed by atoms with Gasteiger partial charge >= 0.3 is 12.1 Å². The van der Waals surface area contributed by atoms with E-state index >= 15 is 0 Å². The van der Waals surface area contributed by atoms with Crippen LogP contribution >= 0.6 is 0 Å². The molecule has 1 heterocycles. The Balaban J connectivity index is 1.96. The molecule has 1 atom stereocenters. The molecule has 0 aliphatic rings. The van der Waals surface area contributed by atoms with Crippen LogP contribution in [-0.4, -0.2) is 46.6 Å². The van der Waals surface area contributed by atoms with Crippen LogP contribution in [0.4, 0.5) is 23.2 Å². The van der Waals surface area contributed by atoms with Crippen LogP contribution in [0.5, 0.6) is 5.75 Å². The molecule has 6 nitrogen and oxygen atoms in total. The Morgan fingerprint density at radius 2 is 1.82 bits per heavy atom. The third-order valence-corrected chi connectivity index (χ3v) is 5.66. The first-order valence-electron chi connectivity index (χ1n) is 10.3. The van der Waals surface area contributed by atoms with Gasteiger partial charge in [-0.3, -0.25) is 0 Å². The molecular formula is C24H24F4N2O4. The van der Waals surface area contributed by atoms with Gasteiger partial charge in [0, 0.05) is 10.9 Å². The van der Waals surface area contributed by atoms with Gasteiger partial charge in [-0.2, -0.15) is 13.2 Å². The first-order valence-corrected chi connectivity index (χ1v) is 10.3. The van der Waals surface area contributed by atoms with Crippen LogP contribution < -0.4 is 10.1 Å². The van der Waals surface area contributed by atoms with Crippen LogP contribution in [0, 0.1) is 5.82 Å². The summed E-state index contributed by atoms with van der Waals surface area (Å²) in [5.74, 6) is -1.73. The molecule has 3 aromatic rings. The van der Waals surface area contributed by atoms with Crippen molar-refractivity contribution in [2.24, 2.45) is 0 Å². The molecule has 0 saturated carbocycles. The van der Waals surface area contributed by atoms with Crippen molar-refractivity contribution < 1.29 is 37.3 Å². The highest BCUT2D eigenvalue weighted by Crippen LogP contribution is 2.44. The third kappa shape index (κ3) is 5.06. The Morgan fingerprint density at radius 3 is 2.44 bits per heavy atom. The molecule has 0 saturated heterocycles. The van der Waals surface area contributed by atoms with E-state index in [9.17, 15) is 32.6 Å². The second-order valence-corrected chi connectivity index (χ2v) is 8.67. The number of anilines is 1. The molecule has 34 heavy (non-hydrogen) atoms.